The van der Waals surface area contributed by atoms with Crippen LogP contribution < -0.4 is 5.32 Å². The molecular weight excluding hydrogens is 370 g/mol. The Bertz CT molecular complexity index is 868. The van der Waals surface area contributed by atoms with Gasteiger partial charge in [0.1, 0.15) is 11.4 Å². The van der Waals surface area contributed by atoms with Gasteiger partial charge in [0.2, 0.25) is 5.91 Å². The van der Waals surface area contributed by atoms with Crippen molar-refractivity contribution >= 4 is 15.7 Å². The van der Waals surface area contributed by atoms with Gasteiger partial charge in [-0.25, -0.2) is 8.42 Å². The van der Waals surface area contributed by atoms with Crippen molar-refractivity contribution in [3.8, 4) is 0 Å². The van der Waals surface area contributed by atoms with Gasteiger partial charge < -0.3 is 19.6 Å². The molecular formula is C19H23NO6S. The van der Waals surface area contributed by atoms with Gasteiger partial charge in [-0.15, -0.1) is 0 Å². The Hall–Kier alpha value is -2.16. The number of furan rings is 1. The number of aliphatic hydroxyl groups is 1. The zero-order valence-electron chi connectivity index (χ0n) is 15.1. The summed E-state index contributed by atoms with van der Waals surface area (Å²) in [5, 5.41) is 13.2. The molecule has 0 saturated carbocycles. The first kappa shape index (κ1) is 19.6. The normalized spacial score (nSPS) is 19.2. The fourth-order valence-electron chi connectivity index (χ4n) is 3.23. The summed E-state index contributed by atoms with van der Waals surface area (Å²) in [5.41, 5.74) is -1.46. The standard InChI is InChI=1S/C19H23NO6S/c1-18(22,16-8-5-11-26-16)14-20-17(21)19(9-12-25-13-10-19)27(23,24)15-6-3-2-4-7-15/h2-8,11,22H,9-10,12-14H2,1H3,(H,20,21). The molecule has 0 radical (unpaired) electrons. The lowest BCUT2D eigenvalue weighted by Gasteiger charge is -2.36. The molecule has 2 N–H and O–H groups in total. The average molecular weight is 393 g/mol. The smallest absolute Gasteiger partial charge is 0.242 e. The number of hydrogen-bond acceptors (Lipinski definition) is 6. The summed E-state index contributed by atoms with van der Waals surface area (Å²) >= 11 is 0. The predicted molar refractivity (Wildman–Crippen MR) is 97.7 cm³/mol. The van der Waals surface area contributed by atoms with Crippen LogP contribution in [0.5, 0.6) is 0 Å². The number of sulfone groups is 1. The van der Waals surface area contributed by atoms with E-state index < -0.39 is 26.1 Å². The molecule has 1 fully saturated rings. The minimum atomic E-state index is -3.94. The maximum atomic E-state index is 13.3. The van der Waals surface area contributed by atoms with Crippen molar-refractivity contribution in [3.63, 3.8) is 0 Å². The molecule has 7 nitrogen and oxygen atoms in total. The third-order valence-electron chi connectivity index (χ3n) is 4.93. The molecule has 1 unspecified atom stereocenters. The van der Waals surface area contributed by atoms with E-state index in [4.69, 9.17) is 9.15 Å². The minimum Gasteiger partial charge on any atom is -0.466 e. The summed E-state index contributed by atoms with van der Waals surface area (Å²) in [6.45, 7) is 1.67. The molecule has 8 heteroatoms. The topological polar surface area (TPSA) is 106 Å². The van der Waals surface area contributed by atoms with Crippen molar-refractivity contribution in [1.82, 2.24) is 5.32 Å². The third-order valence-corrected chi connectivity index (χ3v) is 7.44. The van der Waals surface area contributed by atoms with Crippen molar-refractivity contribution in [2.45, 2.75) is 35.0 Å². The van der Waals surface area contributed by atoms with E-state index in [1.807, 2.05) is 0 Å². The lowest BCUT2D eigenvalue weighted by atomic mass is 9.97. The van der Waals surface area contributed by atoms with Crippen molar-refractivity contribution in [2.75, 3.05) is 19.8 Å². The molecule has 1 amide bonds. The predicted octanol–water partition coefficient (Wildman–Crippen LogP) is 1.63. The molecule has 1 atom stereocenters. The summed E-state index contributed by atoms with van der Waals surface area (Å²) in [6, 6.07) is 11.2. The summed E-state index contributed by atoms with van der Waals surface area (Å²) in [7, 11) is -3.94. The van der Waals surface area contributed by atoms with E-state index in [9.17, 15) is 18.3 Å². The Morgan fingerprint density at radius 1 is 1.19 bits per heavy atom. The first-order chi connectivity index (χ1) is 12.8. The molecule has 3 rings (SSSR count). The second-order valence-electron chi connectivity index (χ2n) is 6.86. The molecule has 0 spiro atoms. The molecule has 1 aliphatic rings. The molecule has 0 bridgehead atoms. The number of rotatable bonds is 6. The summed E-state index contributed by atoms with van der Waals surface area (Å²) in [4.78, 5) is 13.2. The van der Waals surface area contributed by atoms with Crippen molar-refractivity contribution < 1.29 is 27.5 Å². The minimum absolute atomic E-state index is 0.0545. The van der Waals surface area contributed by atoms with Gasteiger partial charge in [0.25, 0.3) is 0 Å². The average Bonchev–Trinajstić information content (AvgIpc) is 3.23. The van der Waals surface area contributed by atoms with E-state index in [1.54, 1.807) is 30.3 Å². The molecule has 1 aliphatic heterocycles. The highest BCUT2D eigenvalue weighted by atomic mass is 32.2. The van der Waals surface area contributed by atoms with Crippen LogP contribution in [0.3, 0.4) is 0 Å². The quantitative estimate of drug-likeness (QED) is 0.773. The fraction of sp³-hybridized carbons (Fsp3) is 0.421. The lowest BCUT2D eigenvalue weighted by molar-refractivity contribution is -0.127. The number of ether oxygens (including phenoxy) is 1. The van der Waals surface area contributed by atoms with Crippen LogP contribution in [0.25, 0.3) is 0 Å². The van der Waals surface area contributed by atoms with Crippen molar-refractivity contribution in [2.24, 2.45) is 0 Å². The maximum Gasteiger partial charge on any atom is 0.242 e. The monoisotopic (exact) mass is 393 g/mol. The van der Waals surface area contributed by atoms with Gasteiger partial charge in [-0.1, -0.05) is 18.2 Å². The second-order valence-corrected chi connectivity index (χ2v) is 9.12. The van der Waals surface area contributed by atoms with Gasteiger partial charge in [0.15, 0.2) is 14.6 Å². The van der Waals surface area contributed by atoms with Crippen LogP contribution in [0.15, 0.2) is 58.0 Å². The Morgan fingerprint density at radius 2 is 1.85 bits per heavy atom. The third kappa shape index (κ3) is 3.65. The summed E-state index contributed by atoms with van der Waals surface area (Å²) < 4.78 is 35.5. The maximum absolute atomic E-state index is 13.3. The van der Waals surface area contributed by atoms with Crippen LogP contribution in [0, 0.1) is 0 Å². The van der Waals surface area contributed by atoms with Crippen LogP contribution in [0.4, 0.5) is 0 Å². The van der Waals surface area contributed by atoms with E-state index in [0.29, 0.717) is 0 Å². The molecule has 1 aromatic carbocycles. The molecule has 2 heterocycles. The van der Waals surface area contributed by atoms with E-state index in [0.717, 1.165) is 0 Å². The Kier molecular flexibility index (Phi) is 5.41. The highest BCUT2D eigenvalue weighted by molar-refractivity contribution is 7.93. The van der Waals surface area contributed by atoms with Gasteiger partial charge in [0.05, 0.1) is 17.7 Å². The van der Waals surface area contributed by atoms with E-state index in [1.165, 1.54) is 25.3 Å². The highest BCUT2D eigenvalue weighted by Gasteiger charge is 2.52. The van der Waals surface area contributed by atoms with E-state index in [2.05, 4.69) is 5.32 Å². The molecule has 2 aromatic rings. The van der Waals surface area contributed by atoms with Gasteiger partial charge in [-0.3, -0.25) is 4.79 Å². The van der Waals surface area contributed by atoms with Gasteiger partial charge in [0, 0.05) is 13.2 Å². The molecule has 146 valence electrons. The second kappa shape index (κ2) is 7.46. The van der Waals surface area contributed by atoms with Crippen LogP contribution >= 0.6 is 0 Å². The number of nitrogens with one attached hydrogen (secondary N) is 1. The number of hydrogen-bond donors (Lipinski definition) is 2. The number of amides is 1. The van der Waals surface area contributed by atoms with Gasteiger partial charge in [-0.2, -0.15) is 0 Å². The van der Waals surface area contributed by atoms with E-state index >= 15 is 0 Å². The van der Waals surface area contributed by atoms with Crippen LogP contribution in [0.2, 0.25) is 0 Å². The number of carbonyl (C=O) groups excluding carboxylic acids is 1. The number of benzene rings is 1. The van der Waals surface area contributed by atoms with Crippen LogP contribution in [-0.2, 0) is 25.0 Å². The first-order valence-corrected chi connectivity index (χ1v) is 10.2. The van der Waals surface area contributed by atoms with Crippen LogP contribution in [0.1, 0.15) is 25.5 Å². The van der Waals surface area contributed by atoms with Crippen molar-refractivity contribution in [3.05, 3.63) is 54.5 Å². The molecule has 1 aromatic heterocycles. The number of carbonyl (C=O) groups is 1. The molecule has 1 saturated heterocycles. The fourth-order valence-corrected chi connectivity index (χ4v) is 5.22. The zero-order chi connectivity index (χ0) is 19.5. The Labute approximate surface area is 158 Å². The first-order valence-electron chi connectivity index (χ1n) is 8.72. The molecule has 0 aliphatic carbocycles. The SMILES string of the molecule is CC(O)(CNC(=O)C1(S(=O)(=O)c2ccccc2)CCOCC1)c1ccco1. The zero-order valence-corrected chi connectivity index (χ0v) is 15.9. The lowest BCUT2D eigenvalue weighted by Crippen LogP contribution is -2.57. The largest absolute Gasteiger partial charge is 0.466 e. The highest BCUT2D eigenvalue weighted by Crippen LogP contribution is 2.35. The van der Waals surface area contributed by atoms with Crippen LogP contribution in [-0.4, -0.2) is 43.9 Å². The van der Waals surface area contributed by atoms with Gasteiger partial charge >= 0.3 is 0 Å². The Morgan fingerprint density at radius 3 is 2.44 bits per heavy atom. The van der Waals surface area contributed by atoms with Crippen molar-refractivity contribution in [1.29, 1.82) is 0 Å². The summed E-state index contributed by atoms with van der Waals surface area (Å²) in [5.74, 6) is -0.351. The van der Waals surface area contributed by atoms with E-state index in [-0.39, 0.29) is 43.3 Å². The molecule has 27 heavy (non-hydrogen) atoms. The summed E-state index contributed by atoms with van der Waals surface area (Å²) in [6.07, 6.45) is 1.53. The van der Waals surface area contributed by atoms with Gasteiger partial charge in [-0.05, 0) is 44.0 Å². The Balaban J connectivity index is 1.87.